The molecule has 0 saturated carbocycles. The van der Waals surface area contributed by atoms with Crippen molar-refractivity contribution in [1.29, 1.82) is 0 Å². The Morgan fingerprint density at radius 2 is 2.00 bits per heavy atom. The molecule has 24 heavy (non-hydrogen) atoms. The molecule has 6 heteroatoms. The van der Waals surface area contributed by atoms with Crippen molar-refractivity contribution in [3.63, 3.8) is 0 Å². The molecule has 1 amide bonds. The summed E-state index contributed by atoms with van der Waals surface area (Å²) in [6.45, 7) is 6.58. The lowest BCUT2D eigenvalue weighted by Gasteiger charge is -2.34. The Bertz CT molecular complexity index is 606. The first-order chi connectivity index (χ1) is 11.1. The molecule has 1 aromatic heterocycles. The smallest absolute Gasteiger partial charge is 0.290 e. The second kappa shape index (κ2) is 8.17. The predicted molar refractivity (Wildman–Crippen MR) is 95.2 cm³/mol. The van der Waals surface area contributed by atoms with Gasteiger partial charge in [0.2, 0.25) is 0 Å². The first-order valence-corrected chi connectivity index (χ1v) is 8.80. The molecule has 5 nitrogen and oxygen atoms in total. The highest BCUT2D eigenvalue weighted by Gasteiger charge is 2.33. The number of nitrogens with one attached hydrogen (secondary N) is 1. The fourth-order valence-electron chi connectivity index (χ4n) is 3.79. The SMILES string of the molecule is CCCN(C(=O)c1oc2c(c1C)C(=O)CCC2)C1CCNCC1.Cl. The maximum atomic E-state index is 13.1. The van der Waals surface area contributed by atoms with Crippen molar-refractivity contribution >= 4 is 24.1 Å². The normalized spacial score (nSPS) is 18.0. The topological polar surface area (TPSA) is 62.6 Å². The van der Waals surface area contributed by atoms with E-state index in [1.54, 1.807) is 0 Å². The molecule has 1 saturated heterocycles. The van der Waals surface area contributed by atoms with E-state index in [2.05, 4.69) is 12.2 Å². The Balaban J connectivity index is 0.00000208. The maximum Gasteiger partial charge on any atom is 0.290 e. The second-order valence-electron chi connectivity index (χ2n) is 6.61. The average Bonchev–Trinajstić information content (AvgIpc) is 2.91. The fraction of sp³-hybridized carbons (Fsp3) is 0.667. The summed E-state index contributed by atoms with van der Waals surface area (Å²) in [6, 6.07) is 0.265. The van der Waals surface area contributed by atoms with Gasteiger partial charge >= 0.3 is 0 Å². The molecule has 1 aromatic rings. The van der Waals surface area contributed by atoms with Gasteiger partial charge in [-0.05, 0) is 45.7 Å². The van der Waals surface area contributed by atoms with Crippen LogP contribution in [-0.2, 0) is 6.42 Å². The van der Waals surface area contributed by atoms with Crippen LogP contribution in [0.2, 0.25) is 0 Å². The highest BCUT2D eigenvalue weighted by molar-refractivity contribution is 6.03. The van der Waals surface area contributed by atoms with Gasteiger partial charge in [-0.3, -0.25) is 9.59 Å². The number of ketones is 1. The van der Waals surface area contributed by atoms with Gasteiger partial charge in [-0.2, -0.15) is 0 Å². The summed E-state index contributed by atoms with van der Waals surface area (Å²) in [4.78, 5) is 27.2. The molecule has 2 heterocycles. The summed E-state index contributed by atoms with van der Waals surface area (Å²) in [5, 5.41) is 3.34. The molecule has 1 N–H and O–H groups in total. The number of rotatable bonds is 4. The van der Waals surface area contributed by atoms with E-state index in [0.717, 1.165) is 57.3 Å². The van der Waals surface area contributed by atoms with Crippen LogP contribution in [0.15, 0.2) is 4.42 Å². The summed E-state index contributed by atoms with van der Waals surface area (Å²) in [6.07, 6.45) is 5.02. The third kappa shape index (κ3) is 3.52. The molecule has 0 atom stereocenters. The Morgan fingerprint density at radius 1 is 1.29 bits per heavy atom. The minimum Gasteiger partial charge on any atom is -0.455 e. The largest absolute Gasteiger partial charge is 0.455 e. The number of amides is 1. The number of halogens is 1. The van der Waals surface area contributed by atoms with Gasteiger partial charge in [-0.15, -0.1) is 12.4 Å². The van der Waals surface area contributed by atoms with Crippen LogP contribution in [0.3, 0.4) is 0 Å². The maximum absolute atomic E-state index is 13.1. The van der Waals surface area contributed by atoms with Crippen molar-refractivity contribution in [2.45, 2.75) is 58.4 Å². The highest BCUT2D eigenvalue weighted by Crippen LogP contribution is 2.30. The number of fused-ring (bicyclic) bond motifs is 1. The average molecular weight is 355 g/mol. The van der Waals surface area contributed by atoms with Gasteiger partial charge < -0.3 is 14.6 Å². The van der Waals surface area contributed by atoms with Gasteiger partial charge in [-0.1, -0.05) is 6.92 Å². The van der Waals surface area contributed by atoms with Crippen LogP contribution >= 0.6 is 12.4 Å². The van der Waals surface area contributed by atoms with Crippen LogP contribution in [0.1, 0.15) is 71.3 Å². The number of hydrogen-bond donors (Lipinski definition) is 1. The van der Waals surface area contributed by atoms with E-state index >= 15 is 0 Å². The van der Waals surface area contributed by atoms with Gasteiger partial charge in [0.1, 0.15) is 5.76 Å². The van der Waals surface area contributed by atoms with Crippen molar-refractivity contribution in [3.8, 4) is 0 Å². The quantitative estimate of drug-likeness (QED) is 0.902. The van der Waals surface area contributed by atoms with Crippen molar-refractivity contribution in [3.05, 3.63) is 22.6 Å². The molecule has 134 valence electrons. The molecule has 1 aliphatic carbocycles. The lowest BCUT2D eigenvalue weighted by molar-refractivity contribution is 0.0607. The molecule has 0 aromatic carbocycles. The lowest BCUT2D eigenvalue weighted by atomic mass is 9.94. The van der Waals surface area contributed by atoms with Crippen molar-refractivity contribution in [2.75, 3.05) is 19.6 Å². The number of nitrogens with zero attached hydrogens (tertiary/aromatic N) is 1. The zero-order chi connectivity index (χ0) is 16.4. The van der Waals surface area contributed by atoms with Crippen LogP contribution in [0, 0.1) is 6.92 Å². The summed E-state index contributed by atoms with van der Waals surface area (Å²) in [5.74, 6) is 1.18. The molecule has 2 aliphatic rings. The van der Waals surface area contributed by atoms with Crippen LogP contribution in [0.25, 0.3) is 0 Å². The van der Waals surface area contributed by atoms with Crippen LogP contribution in [-0.4, -0.2) is 42.3 Å². The molecule has 3 rings (SSSR count). The van der Waals surface area contributed by atoms with Gasteiger partial charge in [0, 0.05) is 31.0 Å². The van der Waals surface area contributed by atoms with E-state index in [9.17, 15) is 9.59 Å². The van der Waals surface area contributed by atoms with Crippen molar-refractivity contribution in [1.82, 2.24) is 10.2 Å². The van der Waals surface area contributed by atoms with E-state index in [4.69, 9.17) is 4.42 Å². The minimum atomic E-state index is -0.0431. The third-order valence-electron chi connectivity index (χ3n) is 4.98. The number of carbonyl (C=O) groups excluding carboxylic acids is 2. The van der Waals surface area contributed by atoms with E-state index in [-0.39, 0.29) is 30.1 Å². The van der Waals surface area contributed by atoms with E-state index < -0.39 is 0 Å². The van der Waals surface area contributed by atoms with Crippen LogP contribution in [0.4, 0.5) is 0 Å². The Morgan fingerprint density at radius 3 is 2.62 bits per heavy atom. The first kappa shape index (κ1) is 19.0. The van der Waals surface area contributed by atoms with Gasteiger partial charge in [-0.25, -0.2) is 0 Å². The number of aryl methyl sites for hydroxylation is 1. The molecule has 0 bridgehead atoms. The standard InChI is InChI=1S/C18H26N2O3.ClH/c1-3-11-20(13-7-9-19-10-8-13)18(22)17-12(2)16-14(21)5-4-6-15(16)23-17;/h13,19H,3-11H2,1-2H3;1H. The summed E-state index contributed by atoms with van der Waals surface area (Å²) >= 11 is 0. The fourth-order valence-corrected chi connectivity index (χ4v) is 3.79. The summed E-state index contributed by atoms with van der Waals surface area (Å²) in [5.41, 5.74) is 1.41. The van der Waals surface area contributed by atoms with Crippen molar-refractivity contribution in [2.24, 2.45) is 0 Å². The summed E-state index contributed by atoms with van der Waals surface area (Å²) in [7, 11) is 0. The minimum absolute atomic E-state index is 0. The zero-order valence-electron chi connectivity index (χ0n) is 14.5. The van der Waals surface area contributed by atoms with Gasteiger partial charge in [0.05, 0.1) is 5.56 Å². The van der Waals surface area contributed by atoms with Gasteiger partial charge in [0.15, 0.2) is 11.5 Å². The van der Waals surface area contributed by atoms with E-state index in [0.29, 0.717) is 23.5 Å². The molecule has 1 aliphatic heterocycles. The highest BCUT2D eigenvalue weighted by atomic mass is 35.5. The molecule has 1 fully saturated rings. The number of piperidine rings is 1. The Kier molecular flexibility index (Phi) is 6.47. The monoisotopic (exact) mass is 354 g/mol. The van der Waals surface area contributed by atoms with Crippen molar-refractivity contribution < 1.29 is 14.0 Å². The first-order valence-electron chi connectivity index (χ1n) is 8.80. The Hall–Kier alpha value is -1.33. The summed E-state index contributed by atoms with van der Waals surface area (Å²) < 4.78 is 5.86. The van der Waals surface area contributed by atoms with Gasteiger partial charge in [0.25, 0.3) is 5.91 Å². The molecular formula is C18H27ClN2O3. The molecule has 0 unspecified atom stereocenters. The molecule has 0 radical (unpaired) electrons. The molecule has 0 spiro atoms. The predicted octanol–water partition coefficient (Wildman–Crippen LogP) is 3.13. The number of Topliss-reactive ketones (excluding diaryl/α,β-unsaturated/α-hetero) is 1. The van der Waals surface area contributed by atoms with Crippen LogP contribution in [0.5, 0.6) is 0 Å². The van der Waals surface area contributed by atoms with E-state index in [1.807, 2.05) is 11.8 Å². The second-order valence-corrected chi connectivity index (χ2v) is 6.61. The lowest BCUT2D eigenvalue weighted by Crippen LogP contribution is -2.46. The number of hydrogen-bond acceptors (Lipinski definition) is 4. The number of carbonyl (C=O) groups is 2. The molecular weight excluding hydrogens is 328 g/mol. The Labute approximate surface area is 149 Å². The third-order valence-corrected chi connectivity index (χ3v) is 4.98. The van der Waals surface area contributed by atoms with Crippen LogP contribution < -0.4 is 5.32 Å². The zero-order valence-corrected chi connectivity index (χ0v) is 15.3. The number of furan rings is 1. The van der Waals surface area contributed by atoms with E-state index in [1.165, 1.54) is 0 Å².